The number of imide groups is 1. The maximum Gasteiger partial charge on any atom is 0.257 e. The predicted molar refractivity (Wildman–Crippen MR) is 154 cm³/mol. The Morgan fingerprint density at radius 2 is 1.77 bits per heavy atom. The molecule has 3 amide bonds. The molecule has 1 aliphatic rings. The summed E-state index contributed by atoms with van der Waals surface area (Å²) in [5.74, 6) is -0.381. The van der Waals surface area contributed by atoms with E-state index >= 15 is 0 Å². The summed E-state index contributed by atoms with van der Waals surface area (Å²) in [4.78, 5) is 48.2. The lowest BCUT2D eigenvalue weighted by atomic mass is 9.94. The van der Waals surface area contributed by atoms with Crippen molar-refractivity contribution < 1.29 is 19.1 Å². The first-order valence-electron chi connectivity index (χ1n) is 12.9. The Morgan fingerprint density at radius 1 is 1.08 bits per heavy atom. The van der Waals surface area contributed by atoms with Gasteiger partial charge in [0, 0.05) is 16.7 Å². The molecule has 39 heavy (non-hydrogen) atoms. The summed E-state index contributed by atoms with van der Waals surface area (Å²) in [6.45, 7) is 7.86. The first-order valence-corrected chi connectivity index (χ1v) is 13.8. The summed E-state index contributed by atoms with van der Waals surface area (Å²) in [5.41, 5.74) is 3.31. The average molecular weight is 542 g/mol. The van der Waals surface area contributed by atoms with E-state index < -0.39 is 17.5 Å². The third-order valence-corrected chi connectivity index (χ3v) is 8.49. The second kappa shape index (κ2) is 10.3. The Kier molecular flexibility index (Phi) is 6.99. The zero-order chi connectivity index (χ0) is 27.9. The van der Waals surface area contributed by atoms with Gasteiger partial charge in [-0.05, 0) is 93.4 Å². The van der Waals surface area contributed by atoms with E-state index in [-0.39, 0.29) is 18.2 Å². The molecule has 1 atom stereocenters. The molecule has 5 rings (SSSR count). The van der Waals surface area contributed by atoms with Crippen LogP contribution in [0.2, 0.25) is 0 Å². The number of nitrogens with zero attached hydrogens (tertiary/aromatic N) is 3. The molecule has 7 nitrogen and oxygen atoms in total. The van der Waals surface area contributed by atoms with Crippen LogP contribution >= 0.6 is 11.3 Å². The minimum atomic E-state index is -0.894. The third-order valence-electron chi connectivity index (χ3n) is 7.42. The van der Waals surface area contributed by atoms with E-state index in [0.717, 1.165) is 20.8 Å². The Hall–Kier alpha value is -4.04. The van der Waals surface area contributed by atoms with Crippen LogP contribution in [0, 0.1) is 6.92 Å². The molecule has 200 valence electrons. The molecule has 4 aromatic rings. The second-order valence-electron chi connectivity index (χ2n) is 10.4. The molecule has 1 aliphatic heterocycles. The quantitative estimate of drug-likeness (QED) is 0.259. The minimum Gasteiger partial charge on any atom is -0.497 e. The summed E-state index contributed by atoms with van der Waals surface area (Å²) in [6, 6.07) is 19.4. The molecule has 3 aromatic carbocycles. The largest absolute Gasteiger partial charge is 0.497 e. The maximum absolute atomic E-state index is 13.7. The Morgan fingerprint density at radius 3 is 2.41 bits per heavy atom. The van der Waals surface area contributed by atoms with Gasteiger partial charge >= 0.3 is 0 Å². The van der Waals surface area contributed by atoms with E-state index in [4.69, 9.17) is 9.72 Å². The van der Waals surface area contributed by atoms with Crippen molar-refractivity contribution in [1.82, 2.24) is 9.88 Å². The van der Waals surface area contributed by atoms with Crippen molar-refractivity contribution in [2.45, 2.75) is 52.1 Å². The number of ether oxygens (including phenoxy) is 1. The highest BCUT2D eigenvalue weighted by molar-refractivity contribution is 7.21. The zero-order valence-corrected chi connectivity index (χ0v) is 23.5. The lowest BCUT2D eigenvalue weighted by Crippen LogP contribution is -2.55. The number of methoxy groups -OCH3 is 1. The van der Waals surface area contributed by atoms with Crippen molar-refractivity contribution in [3.8, 4) is 16.3 Å². The van der Waals surface area contributed by atoms with Gasteiger partial charge in [-0.1, -0.05) is 13.0 Å². The summed E-state index contributed by atoms with van der Waals surface area (Å²) >= 11 is 1.61. The molecular formula is C31H31N3O4S. The lowest BCUT2D eigenvalue weighted by molar-refractivity contribution is -0.123. The smallest absolute Gasteiger partial charge is 0.257 e. The van der Waals surface area contributed by atoms with Crippen molar-refractivity contribution in [2.24, 2.45) is 0 Å². The number of anilines is 1. The summed E-state index contributed by atoms with van der Waals surface area (Å²) < 4.78 is 6.33. The van der Waals surface area contributed by atoms with Gasteiger partial charge < -0.3 is 9.64 Å². The number of carbonyl (C=O) groups is 3. The van der Waals surface area contributed by atoms with Crippen LogP contribution < -0.4 is 9.64 Å². The fraction of sp³-hybridized carbons (Fsp3) is 0.290. The lowest BCUT2D eigenvalue weighted by Gasteiger charge is -2.41. The van der Waals surface area contributed by atoms with Crippen molar-refractivity contribution in [3.05, 3.63) is 77.9 Å². The number of fused-ring (bicyclic) bond motifs is 1. The fourth-order valence-corrected chi connectivity index (χ4v) is 5.95. The summed E-state index contributed by atoms with van der Waals surface area (Å²) in [5, 5.41) is 0.875. The van der Waals surface area contributed by atoms with E-state index in [0.29, 0.717) is 23.4 Å². The van der Waals surface area contributed by atoms with Gasteiger partial charge in [0.05, 0.1) is 29.4 Å². The molecule has 2 heterocycles. The molecule has 8 heteroatoms. The number of hydrogen-bond acceptors (Lipinski definition) is 6. The normalized spacial score (nSPS) is 15.7. The second-order valence-corrected chi connectivity index (χ2v) is 11.4. The number of aromatic nitrogens is 1. The van der Waals surface area contributed by atoms with Crippen LogP contribution in [0.4, 0.5) is 5.69 Å². The van der Waals surface area contributed by atoms with E-state index in [1.54, 1.807) is 59.7 Å². The number of aryl methyl sites for hydroxylation is 1. The van der Waals surface area contributed by atoms with E-state index in [1.165, 1.54) is 10.5 Å². The monoisotopic (exact) mass is 541 g/mol. The Labute approximate surface area is 232 Å². The predicted octanol–water partition coefficient (Wildman–Crippen LogP) is 6.24. The Bertz CT molecular complexity index is 1560. The van der Waals surface area contributed by atoms with Gasteiger partial charge in [0.1, 0.15) is 16.8 Å². The number of thiazole rings is 1. The van der Waals surface area contributed by atoms with Crippen LogP contribution in [-0.2, 0) is 9.59 Å². The van der Waals surface area contributed by atoms with Crippen LogP contribution in [0.1, 0.15) is 49.5 Å². The van der Waals surface area contributed by atoms with E-state index in [2.05, 4.69) is 13.0 Å². The van der Waals surface area contributed by atoms with Crippen molar-refractivity contribution in [3.63, 3.8) is 0 Å². The molecule has 1 aromatic heterocycles. The fourth-order valence-electron chi connectivity index (χ4n) is 4.88. The Balaban J connectivity index is 1.43. The minimum absolute atomic E-state index is 0.0663. The molecule has 0 aliphatic carbocycles. The number of carbonyl (C=O) groups excluding carboxylic acids is 3. The van der Waals surface area contributed by atoms with Gasteiger partial charge in [-0.3, -0.25) is 14.4 Å². The molecule has 1 fully saturated rings. The first-order chi connectivity index (χ1) is 18.6. The highest BCUT2D eigenvalue weighted by Crippen LogP contribution is 2.35. The van der Waals surface area contributed by atoms with Crippen LogP contribution in [0.25, 0.3) is 20.8 Å². The van der Waals surface area contributed by atoms with Gasteiger partial charge in [0.2, 0.25) is 5.91 Å². The van der Waals surface area contributed by atoms with Crippen LogP contribution in [0.5, 0.6) is 5.75 Å². The molecule has 1 unspecified atom stereocenters. The SMILES string of the molecule is CCC(C)(C)N(C(=O)c1ccc(OC)cc1)C1CC(=O)N(c2ccc(-c3nc4ccc(C)cc4s3)cc2)C1=O. The first kappa shape index (κ1) is 26.6. The number of benzene rings is 3. The molecule has 0 saturated carbocycles. The zero-order valence-electron chi connectivity index (χ0n) is 22.7. The van der Waals surface area contributed by atoms with Crippen LogP contribution in [-0.4, -0.2) is 46.3 Å². The number of rotatable bonds is 7. The summed E-state index contributed by atoms with van der Waals surface area (Å²) in [7, 11) is 1.56. The van der Waals surface area contributed by atoms with Crippen molar-refractivity contribution in [2.75, 3.05) is 12.0 Å². The molecule has 1 saturated heterocycles. The number of hydrogen-bond donors (Lipinski definition) is 0. The average Bonchev–Trinajstić information content (AvgIpc) is 3.48. The summed E-state index contributed by atoms with van der Waals surface area (Å²) in [6.07, 6.45) is 0.548. The maximum atomic E-state index is 13.7. The highest BCUT2D eigenvalue weighted by Gasteiger charge is 2.48. The molecule has 0 bridgehead atoms. The molecular weight excluding hydrogens is 510 g/mol. The highest BCUT2D eigenvalue weighted by atomic mass is 32.1. The van der Waals surface area contributed by atoms with Crippen LogP contribution in [0.15, 0.2) is 66.7 Å². The van der Waals surface area contributed by atoms with Gasteiger partial charge in [0.15, 0.2) is 0 Å². The van der Waals surface area contributed by atoms with Gasteiger partial charge in [-0.2, -0.15) is 0 Å². The standard InChI is InChI=1S/C31H31N3O4S/c1-6-31(3,4)34(29(36)21-10-14-23(38-5)15-11-21)25-18-27(35)33(30(25)37)22-12-8-20(9-13-22)28-32-24-16-7-19(2)17-26(24)39-28/h7-17,25H,6,18H2,1-5H3. The van der Waals surface area contributed by atoms with Gasteiger partial charge in [-0.15, -0.1) is 11.3 Å². The van der Waals surface area contributed by atoms with Crippen LogP contribution in [0.3, 0.4) is 0 Å². The van der Waals surface area contributed by atoms with E-state index in [9.17, 15) is 14.4 Å². The van der Waals surface area contributed by atoms with E-state index in [1.807, 2.05) is 45.0 Å². The van der Waals surface area contributed by atoms with Crippen molar-refractivity contribution >= 4 is 45.0 Å². The van der Waals surface area contributed by atoms with Gasteiger partial charge in [-0.25, -0.2) is 9.88 Å². The topological polar surface area (TPSA) is 79.8 Å². The van der Waals surface area contributed by atoms with Crippen molar-refractivity contribution in [1.29, 1.82) is 0 Å². The molecule has 0 radical (unpaired) electrons. The molecule has 0 N–H and O–H groups in total. The number of amides is 3. The third kappa shape index (κ3) is 4.92. The molecule has 0 spiro atoms. The van der Waals surface area contributed by atoms with Gasteiger partial charge in [0.25, 0.3) is 11.8 Å².